The Balaban J connectivity index is 2.46. The van der Waals surface area contributed by atoms with Gasteiger partial charge in [-0.1, -0.05) is 41.5 Å². The number of thioether (sulfide) groups is 1. The standard InChI is InChI=1S/C10H19BrN2S/c1-4-13(7-8(2)3)10-12-6-9(5-11)14-10/h8-9H,4-7H2,1-3H3. The average Bonchev–Trinajstić information content (AvgIpc) is 2.62. The van der Waals surface area contributed by atoms with Crippen molar-refractivity contribution >= 4 is 32.9 Å². The number of hydrogen-bond donors (Lipinski definition) is 0. The van der Waals surface area contributed by atoms with E-state index in [0.717, 1.165) is 25.0 Å². The monoisotopic (exact) mass is 278 g/mol. The second-order valence-corrected chi connectivity index (χ2v) is 5.86. The van der Waals surface area contributed by atoms with Crippen molar-refractivity contribution < 1.29 is 0 Å². The molecule has 82 valence electrons. The van der Waals surface area contributed by atoms with E-state index in [2.05, 4.69) is 46.6 Å². The van der Waals surface area contributed by atoms with E-state index in [1.807, 2.05) is 11.8 Å². The fraction of sp³-hybridized carbons (Fsp3) is 0.900. The van der Waals surface area contributed by atoms with Gasteiger partial charge in [0.05, 0.1) is 6.54 Å². The van der Waals surface area contributed by atoms with E-state index < -0.39 is 0 Å². The van der Waals surface area contributed by atoms with Crippen LogP contribution in [0.5, 0.6) is 0 Å². The van der Waals surface area contributed by atoms with Gasteiger partial charge < -0.3 is 4.90 Å². The molecule has 0 saturated heterocycles. The van der Waals surface area contributed by atoms with Gasteiger partial charge in [-0.25, -0.2) is 0 Å². The summed E-state index contributed by atoms with van der Waals surface area (Å²) in [5.74, 6) is 0.710. The lowest BCUT2D eigenvalue weighted by Crippen LogP contribution is -2.31. The molecule has 0 aliphatic carbocycles. The van der Waals surface area contributed by atoms with E-state index in [1.165, 1.54) is 5.17 Å². The summed E-state index contributed by atoms with van der Waals surface area (Å²) in [4.78, 5) is 6.97. The number of rotatable bonds is 4. The van der Waals surface area contributed by atoms with E-state index in [0.29, 0.717) is 11.2 Å². The second kappa shape index (κ2) is 6.01. The molecule has 0 N–H and O–H groups in total. The normalized spacial score (nSPS) is 21.5. The van der Waals surface area contributed by atoms with Crippen molar-refractivity contribution in [3.05, 3.63) is 0 Å². The second-order valence-electron chi connectivity index (χ2n) is 3.95. The zero-order chi connectivity index (χ0) is 10.6. The Hall–Kier alpha value is 0.300. The molecule has 1 atom stereocenters. The minimum absolute atomic E-state index is 0.645. The minimum Gasteiger partial charge on any atom is -0.352 e. The van der Waals surface area contributed by atoms with Gasteiger partial charge in [-0.3, -0.25) is 4.99 Å². The maximum absolute atomic E-state index is 4.59. The summed E-state index contributed by atoms with van der Waals surface area (Å²) >= 11 is 5.43. The van der Waals surface area contributed by atoms with Crippen LogP contribution in [0, 0.1) is 5.92 Å². The number of amidine groups is 1. The highest BCUT2D eigenvalue weighted by Gasteiger charge is 2.22. The number of halogens is 1. The highest BCUT2D eigenvalue weighted by atomic mass is 79.9. The van der Waals surface area contributed by atoms with Gasteiger partial charge in [0.1, 0.15) is 0 Å². The Morgan fingerprint density at radius 2 is 2.36 bits per heavy atom. The molecule has 0 fully saturated rings. The SMILES string of the molecule is CCN(CC(C)C)C1=NCC(CBr)S1. The van der Waals surface area contributed by atoms with Crippen molar-refractivity contribution in [3.8, 4) is 0 Å². The molecule has 0 amide bonds. The van der Waals surface area contributed by atoms with Crippen molar-refractivity contribution in [2.24, 2.45) is 10.9 Å². The predicted molar refractivity (Wildman–Crippen MR) is 69.6 cm³/mol. The van der Waals surface area contributed by atoms with E-state index in [4.69, 9.17) is 0 Å². The van der Waals surface area contributed by atoms with Crippen molar-refractivity contribution in [2.45, 2.75) is 26.0 Å². The number of hydrogen-bond acceptors (Lipinski definition) is 3. The number of aliphatic imine (C=N–C) groups is 1. The van der Waals surface area contributed by atoms with Crippen LogP contribution in [-0.2, 0) is 0 Å². The Bertz CT molecular complexity index is 206. The molecular formula is C10H19BrN2S. The molecule has 2 nitrogen and oxygen atoms in total. The lowest BCUT2D eigenvalue weighted by Gasteiger charge is -2.24. The van der Waals surface area contributed by atoms with Crippen molar-refractivity contribution in [1.82, 2.24) is 4.90 Å². The molecule has 0 aromatic rings. The van der Waals surface area contributed by atoms with Crippen LogP contribution in [0.15, 0.2) is 4.99 Å². The van der Waals surface area contributed by atoms with Crippen LogP contribution < -0.4 is 0 Å². The summed E-state index contributed by atoms with van der Waals surface area (Å²) in [5, 5.41) is 2.93. The smallest absolute Gasteiger partial charge is 0.159 e. The first-order chi connectivity index (χ1) is 6.67. The van der Waals surface area contributed by atoms with E-state index in [-0.39, 0.29) is 0 Å². The topological polar surface area (TPSA) is 15.6 Å². The van der Waals surface area contributed by atoms with Crippen LogP contribution in [0.2, 0.25) is 0 Å². The zero-order valence-electron chi connectivity index (χ0n) is 9.16. The van der Waals surface area contributed by atoms with Gasteiger partial charge >= 0.3 is 0 Å². The molecular weight excluding hydrogens is 260 g/mol. The molecule has 1 aliphatic rings. The van der Waals surface area contributed by atoms with Gasteiger partial charge in [-0.05, 0) is 12.8 Å². The Labute approximate surface area is 99.7 Å². The van der Waals surface area contributed by atoms with Crippen LogP contribution in [0.1, 0.15) is 20.8 Å². The van der Waals surface area contributed by atoms with Gasteiger partial charge in [0.25, 0.3) is 0 Å². The predicted octanol–water partition coefficient (Wildman–Crippen LogP) is 2.83. The quantitative estimate of drug-likeness (QED) is 0.735. The summed E-state index contributed by atoms with van der Waals surface area (Å²) in [6, 6.07) is 0. The van der Waals surface area contributed by atoms with Crippen molar-refractivity contribution in [1.29, 1.82) is 0 Å². The van der Waals surface area contributed by atoms with Gasteiger partial charge in [0.15, 0.2) is 5.17 Å². The van der Waals surface area contributed by atoms with Crippen LogP contribution in [0.4, 0.5) is 0 Å². The maximum atomic E-state index is 4.59. The average molecular weight is 279 g/mol. The lowest BCUT2D eigenvalue weighted by atomic mass is 10.2. The first kappa shape index (κ1) is 12.4. The van der Waals surface area contributed by atoms with Crippen LogP contribution >= 0.6 is 27.7 Å². The minimum atomic E-state index is 0.645. The third-order valence-corrected chi connectivity index (χ3v) is 4.57. The van der Waals surface area contributed by atoms with Crippen LogP contribution in [0.25, 0.3) is 0 Å². The molecule has 0 aromatic carbocycles. The molecule has 0 aromatic heterocycles. The van der Waals surface area contributed by atoms with Gasteiger partial charge in [0, 0.05) is 23.7 Å². The first-order valence-electron chi connectivity index (χ1n) is 5.19. The lowest BCUT2D eigenvalue weighted by molar-refractivity contribution is 0.387. The third kappa shape index (κ3) is 3.46. The largest absolute Gasteiger partial charge is 0.352 e. The summed E-state index contributed by atoms with van der Waals surface area (Å²) in [5.41, 5.74) is 0. The Kier molecular flexibility index (Phi) is 5.31. The molecule has 0 saturated carbocycles. The molecule has 4 heteroatoms. The molecule has 0 radical (unpaired) electrons. The molecule has 0 bridgehead atoms. The molecule has 1 unspecified atom stereocenters. The zero-order valence-corrected chi connectivity index (χ0v) is 11.6. The molecule has 1 rings (SSSR count). The van der Waals surface area contributed by atoms with Gasteiger partial charge in [0.2, 0.25) is 0 Å². The van der Waals surface area contributed by atoms with Gasteiger partial charge in [-0.2, -0.15) is 0 Å². The maximum Gasteiger partial charge on any atom is 0.159 e. The van der Waals surface area contributed by atoms with Crippen molar-refractivity contribution in [3.63, 3.8) is 0 Å². The summed E-state index contributed by atoms with van der Waals surface area (Å²) < 4.78 is 0. The summed E-state index contributed by atoms with van der Waals surface area (Å²) in [6.07, 6.45) is 0. The Morgan fingerprint density at radius 1 is 1.64 bits per heavy atom. The molecule has 1 aliphatic heterocycles. The number of alkyl halides is 1. The van der Waals surface area contributed by atoms with Crippen LogP contribution in [-0.4, -0.2) is 40.3 Å². The first-order valence-corrected chi connectivity index (χ1v) is 7.19. The van der Waals surface area contributed by atoms with E-state index in [9.17, 15) is 0 Å². The van der Waals surface area contributed by atoms with Gasteiger partial charge in [-0.15, -0.1) is 0 Å². The Morgan fingerprint density at radius 3 is 2.79 bits per heavy atom. The summed E-state index contributed by atoms with van der Waals surface area (Å²) in [6.45, 7) is 9.87. The summed E-state index contributed by atoms with van der Waals surface area (Å²) in [7, 11) is 0. The fourth-order valence-corrected chi connectivity index (χ4v) is 3.05. The highest BCUT2D eigenvalue weighted by Crippen LogP contribution is 2.25. The number of nitrogens with zero attached hydrogens (tertiary/aromatic N) is 2. The van der Waals surface area contributed by atoms with E-state index >= 15 is 0 Å². The molecule has 14 heavy (non-hydrogen) atoms. The van der Waals surface area contributed by atoms with Crippen LogP contribution in [0.3, 0.4) is 0 Å². The van der Waals surface area contributed by atoms with Crippen molar-refractivity contribution in [2.75, 3.05) is 25.0 Å². The molecule has 0 spiro atoms. The highest BCUT2D eigenvalue weighted by molar-refractivity contribution is 9.09. The fourth-order valence-electron chi connectivity index (χ4n) is 1.44. The van der Waals surface area contributed by atoms with E-state index in [1.54, 1.807) is 0 Å². The third-order valence-electron chi connectivity index (χ3n) is 2.11. The molecule has 1 heterocycles.